The molecule has 6 rings (SSSR count). The number of fused-ring (bicyclic) bond motifs is 3. The second kappa shape index (κ2) is 17.9. The smallest absolute Gasteiger partial charge is 1.00 e. The summed E-state index contributed by atoms with van der Waals surface area (Å²) in [6.07, 6.45) is 13.7. The van der Waals surface area contributed by atoms with E-state index in [2.05, 4.69) is 152 Å². The van der Waals surface area contributed by atoms with Crippen molar-refractivity contribution in [2.75, 3.05) is 0 Å². The zero-order chi connectivity index (χ0) is 31.9. The monoisotopic (exact) mass is 720 g/mol. The van der Waals surface area contributed by atoms with Gasteiger partial charge in [0.05, 0.1) is 0 Å². The summed E-state index contributed by atoms with van der Waals surface area (Å²) < 4.78 is 1.42. The summed E-state index contributed by atoms with van der Waals surface area (Å²) >= 11 is 1.46. The van der Waals surface area contributed by atoms with Crippen LogP contribution >= 0.6 is 0 Å². The van der Waals surface area contributed by atoms with E-state index in [9.17, 15) is 0 Å². The van der Waals surface area contributed by atoms with Crippen molar-refractivity contribution in [1.29, 1.82) is 0 Å². The summed E-state index contributed by atoms with van der Waals surface area (Å²) in [6, 6.07) is 31.6. The molecule has 0 radical (unpaired) electrons. The van der Waals surface area contributed by atoms with Gasteiger partial charge in [0.2, 0.25) is 0 Å². The molecule has 2 aliphatic rings. The van der Waals surface area contributed by atoms with Crippen LogP contribution in [-0.4, -0.2) is 3.21 Å². The van der Waals surface area contributed by atoms with Crippen LogP contribution in [0.15, 0.2) is 110 Å². The molecule has 3 heteroatoms. The fraction of sp³-hybridized carbons (Fsp3) is 0.233. The number of benzene rings is 4. The Morgan fingerprint density at radius 1 is 0.826 bits per heavy atom. The molecule has 0 saturated carbocycles. The molecule has 2 aliphatic carbocycles. The number of hydrogen-bond donors (Lipinski definition) is 0. The van der Waals surface area contributed by atoms with Crippen LogP contribution in [0.4, 0.5) is 0 Å². The van der Waals surface area contributed by atoms with Crippen LogP contribution in [0.3, 0.4) is 0 Å². The van der Waals surface area contributed by atoms with E-state index in [1.54, 1.807) is 0 Å². The number of halogens is 2. The molecule has 0 aliphatic heterocycles. The van der Waals surface area contributed by atoms with Crippen LogP contribution in [0.25, 0.3) is 23.3 Å². The fourth-order valence-corrected chi connectivity index (χ4v) is 6.00. The van der Waals surface area contributed by atoms with Gasteiger partial charge in [0.25, 0.3) is 0 Å². The molecule has 4 aromatic carbocycles. The molecule has 0 saturated heterocycles. The van der Waals surface area contributed by atoms with E-state index in [-0.39, 0.29) is 24.8 Å². The second-order valence-corrected chi connectivity index (χ2v) is 13.9. The van der Waals surface area contributed by atoms with Crippen molar-refractivity contribution in [3.63, 3.8) is 0 Å². The van der Waals surface area contributed by atoms with E-state index >= 15 is 0 Å². The maximum atomic E-state index is 3.82. The summed E-state index contributed by atoms with van der Waals surface area (Å²) in [6.45, 7) is 20.8. The Labute approximate surface area is 305 Å². The fourth-order valence-electron chi connectivity index (χ4n) is 5.18. The molecule has 0 bridgehead atoms. The topological polar surface area (TPSA) is 0 Å². The maximum Gasteiger partial charge on any atom is -1.00 e. The minimum atomic E-state index is 0. The van der Waals surface area contributed by atoms with E-state index in [1.807, 2.05) is 18.2 Å². The molecule has 0 aromatic heterocycles. The van der Waals surface area contributed by atoms with Crippen LogP contribution in [-0.2, 0) is 30.7 Å². The Morgan fingerprint density at radius 2 is 1.37 bits per heavy atom. The SMILES string of the molecule is C=Cc1c[c-]c2c(c1)-c1cc(C=C)ccc1C2.CCC1[C-]=CC(C(C)(C)C)=C1.Cc1ccc([C](=[Zr+2])c2ccc(C)cc2)cc1.[Cl-].[Cl-]. The van der Waals surface area contributed by atoms with Gasteiger partial charge in [0.15, 0.2) is 0 Å². The number of aryl methyl sites for hydroxylation is 2. The van der Waals surface area contributed by atoms with Crippen molar-refractivity contribution in [3.05, 3.63) is 166 Å². The predicted molar refractivity (Wildman–Crippen MR) is 188 cm³/mol. The summed E-state index contributed by atoms with van der Waals surface area (Å²) in [5.74, 6) is 0.573. The zero-order valence-corrected chi connectivity index (χ0v) is 31.9. The van der Waals surface area contributed by atoms with E-state index in [0.717, 1.165) is 12.0 Å². The van der Waals surface area contributed by atoms with Gasteiger partial charge < -0.3 is 24.8 Å². The Balaban J connectivity index is 0.000000241. The molecule has 46 heavy (non-hydrogen) atoms. The van der Waals surface area contributed by atoms with E-state index in [4.69, 9.17) is 0 Å². The van der Waals surface area contributed by atoms with Gasteiger partial charge in [-0.15, -0.1) is 23.8 Å². The molecule has 0 heterocycles. The zero-order valence-electron chi connectivity index (χ0n) is 28.0. The van der Waals surface area contributed by atoms with Gasteiger partial charge in [0, 0.05) is 0 Å². The number of hydrogen-bond acceptors (Lipinski definition) is 0. The molecule has 236 valence electrons. The van der Waals surface area contributed by atoms with E-state index < -0.39 is 0 Å². The third-order valence-corrected chi connectivity index (χ3v) is 9.55. The molecule has 0 amide bonds. The first-order valence-electron chi connectivity index (χ1n) is 15.5. The van der Waals surface area contributed by atoms with Gasteiger partial charge in [-0.2, -0.15) is 35.4 Å². The molecule has 0 nitrogen and oxygen atoms in total. The summed E-state index contributed by atoms with van der Waals surface area (Å²) in [4.78, 5) is 0. The van der Waals surface area contributed by atoms with E-state index in [0.29, 0.717) is 11.3 Å². The molecule has 0 N–H and O–H groups in total. The third kappa shape index (κ3) is 10.3. The van der Waals surface area contributed by atoms with Crippen molar-refractivity contribution in [2.45, 2.75) is 54.4 Å². The van der Waals surface area contributed by atoms with Gasteiger partial charge in [-0.25, -0.2) is 6.08 Å². The standard InChI is InChI=1S/C17H13.C15H14.C11H17.2ClH.Zr/c1-3-12-5-7-14-11-15-8-6-13(4-2)10-17(15)16(14)9-12;1-12-3-7-14(8-4-12)11-15-9-5-13(2)6-10-15;1-5-9-6-7-10(8-9)11(2,3)4;;;/h3-7,9-10H,1-2,11H2;3-10H,1-2H3;7-9H,5H2,1-4H3;2*1H;/q-1;;-1;;;+2/p-2. The van der Waals surface area contributed by atoms with Gasteiger partial charge in [-0.3, -0.25) is 6.08 Å². The Hall–Kier alpha value is -2.83. The number of rotatable bonds is 5. The van der Waals surface area contributed by atoms with Gasteiger partial charge >= 0.3 is 112 Å². The predicted octanol–water partition coefficient (Wildman–Crippen LogP) is 5.13. The summed E-state index contributed by atoms with van der Waals surface area (Å²) in [7, 11) is 0. The Bertz CT molecular complexity index is 1590. The first kappa shape index (κ1) is 39.4. The average Bonchev–Trinajstić information content (AvgIpc) is 3.67. The second-order valence-electron chi connectivity index (χ2n) is 12.6. The molecule has 0 spiro atoms. The van der Waals surface area contributed by atoms with Crippen molar-refractivity contribution in [2.24, 2.45) is 11.3 Å². The quantitative estimate of drug-likeness (QED) is 0.221. The van der Waals surface area contributed by atoms with Crippen molar-refractivity contribution >= 4 is 15.4 Å². The van der Waals surface area contributed by atoms with Gasteiger partial charge in [-0.05, 0) is 12.0 Å². The van der Waals surface area contributed by atoms with Crippen LogP contribution in [0.5, 0.6) is 0 Å². The molecular weight excluding hydrogens is 679 g/mol. The molecular formula is C43H44Cl2Zr-2. The van der Waals surface area contributed by atoms with Crippen LogP contribution in [0, 0.1) is 37.3 Å². The maximum absolute atomic E-state index is 3.82. The normalized spacial score (nSPS) is 13.7. The van der Waals surface area contributed by atoms with Crippen LogP contribution in [0.1, 0.15) is 78.6 Å². The molecule has 4 aromatic rings. The Kier molecular flexibility index (Phi) is 15.3. The largest absolute Gasteiger partial charge is 1.00 e. The minimum Gasteiger partial charge on any atom is -1.00 e. The minimum absolute atomic E-state index is 0. The molecule has 0 fully saturated rings. The third-order valence-electron chi connectivity index (χ3n) is 8.13. The van der Waals surface area contributed by atoms with Crippen molar-refractivity contribution < 1.29 is 49.0 Å². The summed E-state index contributed by atoms with van der Waals surface area (Å²) in [5, 5.41) is 0. The van der Waals surface area contributed by atoms with E-state index in [1.165, 1.54) is 89.5 Å². The Morgan fingerprint density at radius 3 is 1.83 bits per heavy atom. The first-order chi connectivity index (χ1) is 21.0. The molecule has 1 atom stereocenters. The molecule has 1 unspecified atom stereocenters. The van der Waals surface area contributed by atoms with Crippen LogP contribution in [0.2, 0.25) is 0 Å². The van der Waals surface area contributed by atoms with Crippen molar-refractivity contribution in [1.82, 2.24) is 0 Å². The van der Waals surface area contributed by atoms with Gasteiger partial charge in [0.1, 0.15) is 0 Å². The van der Waals surface area contributed by atoms with Crippen molar-refractivity contribution in [3.8, 4) is 11.1 Å². The first-order valence-corrected chi connectivity index (χ1v) is 16.7. The van der Waals surface area contributed by atoms with Gasteiger partial charge in [-0.1, -0.05) is 87.4 Å². The summed E-state index contributed by atoms with van der Waals surface area (Å²) in [5.41, 5.74) is 14.6. The van der Waals surface area contributed by atoms with Crippen LogP contribution < -0.4 is 24.8 Å². The average molecular weight is 723 g/mol. The number of allylic oxidation sites excluding steroid dienone is 4.